The fourth-order valence-corrected chi connectivity index (χ4v) is 1.87. The van der Waals surface area contributed by atoms with Gasteiger partial charge < -0.3 is 9.84 Å². The van der Waals surface area contributed by atoms with Crippen molar-refractivity contribution in [2.45, 2.75) is 13.5 Å². The van der Waals surface area contributed by atoms with Crippen molar-refractivity contribution in [2.75, 3.05) is 6.61 Å². The van der Waals surface area contributed by atoms with Crippen LogP contribution < -0.4 is 4.74 Å². The van der Waals surface area contributed by atoms with Gasteiger partial charge in [0, 0.05) is 6.54 Å². The van der Waals surface area contributed by atoms with Crippen molar-refractivity contribution in [3.63, 3.8) is 0 Å². The smallest absolute Gasteiger partial charge is 0.337 e. The second kappa shape index (κ2) is 4.91. The molecule has 0 unspecified atom stereocenters. The number of nitrogens with zero attached hydrogens (tertiary/aromatic N) is 2. The Hall–Kier alpha value is -2.30. The number of allylic oxidation sites excluding steroid dienone is 1. The third kappa shape index (κ3) is 1.95. The van der Waals surface area contributed by atoms with Crippen LogP contribution in [-0.4, -0.2) is 27.2 Å². The van der Waals surface area contributed by atoms with Gasteiger partial charge in [-0.15, -0.1) is 6.58 Å². The molecule has 0 saturated carbocycles. The number of fused-ring (bicyclic) bond motifs is 1. The number of hydrogen-bond acceptors (Lipinski definition) is 3. The standard InChI is InChI=1S/C13H14N2O3/c1-3-8-15-11-9(12(16)17)6-5-7-10(11)14-13(15)18-4-2/h3,5-7H,1,4,8H2,2H3,(H,16,17). The van der Waals surface area contributed by atoms with Gasteiger partial charge in [0.25, 0.3) is 6.01 Å². The number of hydrogen-bond donors (Lipinski definition) is 1. The fraction of sp³-hybridized carbons (Fsp3) is 0.231. The largest absolute Gasteiger partial charge is 0.478 e. The molecule has 94 valence electrons. The Kier molecular flexibility index (Phi) is 3.32. The van der Waals surface area contributed by atoms with Gasteiger partial charge in [-0.3, -0.25) is 4.57 Å². The van der Waals surface area contributed by atoms with E-state index in [0.717, 1.165) is 0 Å². The molecule has 18 heavy (non-hydrogen) atoms. The first-order chi connectivity index (χ1) is 8.69. The van der Waals surface area contributed by atoms with E-state index < -0.39 is 5.97 Å². The molecule has 1 aromatic carbocycles. The van der Waals surface area contributed by atoms with E-state index in [9.17, 15) is 9.90 Å². The third-order valence-corrected chi connectivity index (χ3v) is 2.55. The summed E-state index contributed by atoms with van der Waals surface area (Å²) in [5.74, 6) is -0.978. The molecular formula is C13H14N2O3. The fourth-order valence-electron chi connectivity index (χ4n) is 1.87. The highest BCUT2D eigenvalue weighted by Gasteiger charge is 2.17. The molecule has 2 aromatic rings. The second-order valence-corrected chi connectivity index (χ2v) is 3.71. The highest BCUT2D eigenvalue weighted by Crippen LogP contribution is 2.25. The van der Waals surface area contributed by atoms with Gasteiger partial charge in [-0.1, -0.05) is 12.1 Å². The molecule has 0 amide bonds. The summed E-state index contributed by atoms with van der Waals surface area (Å²) in [4.78, 5) is 15.5. The van der Waals surface area contributed by atoms with Crippen molar-refractivity contribution in [2.24, 2.45) is 0 Å². The Morgan fingerprint density at radius 1 is 1.61 bits per heavy atom. The van der Waals surface area contributed by atoms with Gasteiger partial charge in [0.15, 0.2) is 0 Å². The van der Waals surface area contributed by atoms with Crippen LogP contribution in [0.2, 0.25) is 0 Å². The predicted molar refractivity (Wildman–Crippen MR) is 68.1 cm³/mol. The number of aromatic nitrogens is 2. The second-order valence-electron chi connectivity index (χ2n) is 3.71. The van der Waals surface area contributed by atoms with Crippen molar-refractivity contribution in [3.8, 4) is 6.01 Å². The first kappa shape index (κ1) is 12.2. The van der Waals surface area contributed by atoms with Crippen molar-refractivity contribution in [1.82, 2.24) is 9.55 Å². The average Bonchev–Trinajstić information content (AvgIpc) is 2.68. The number of aromatic carboxylic acids is 1. The van der Waals surface area contributed by atoms with Crippen LogP contribution in [0.3, 0.4) is 0 Å². The lowest BCUT2D eigenvalue weighted by atomic mass is 10.2. The maximum atomic E-state index is 11.2. The Bertz CT molecular complexity index is 602. The summed E-state index contributed by atoms with van der Waals surface area (Å²) in [7, 11) is 0. The molecule has 0 aliphatic carbocycles. The first-order valence-corrected chi connectivity index (χ1v) is 5.65. The molecule has 0 spiro atoms. The van der Waals surface area contributed by atoms with Gasteiger partial charge >= 0.3 is 5.97 Å². The molecule has 0 radical (unpaired) electrons. The van der Waals surface area contributed by atoms with Crippen molar-refractivity contribution in [3.05, 3.63) is 36.4 Å². The van der Waals surface area contributed by atoms with Crippen LogP contribution in [-0.2, 0) is 6.54 Å². The number of carboxylic acids is 1. The minimum Gasteiger partial charge on any atom is -0.478 e. The molecule has 0 fully saturated rings. The van der Waals surface area contributed by atoms with Crippen LogP contribution in [0, 0.1) is 0 Å². The van der Waals surface area contributed by atoms with Gasteiger partial charge in [0.2, 0.25) is 0 Å². The molecule has 0 bridgehead atoms. The van der Waals surface area contributed by atoms with E-state index in [0.29, 0.717) is 30.2 Å². The molecule has 0 atom stereocenters. The van der Waals surface area contributed by atoms with Gasteiger partial charge in [0.1, 0.15) is 0 Å². The molecule has 0 aliphatic heterocycles. The highest BCUT2D eigenvalue weighted by atomic mass is 16.5. The Labute approximate surface area is 104 Å². The SMILES string of the molecule is C=CCn1c(OCC)nc2cccc(C(=O)O)c21. The molecule has 5 nitrogen and oxygen atoms in total. The van der Waals surface area contributed by atoms with Crippen LogP contribution in [0.4, 0.5) is 0 Å². The Morgan fingerprint density at radius 3 is 3.00 bits per heavy atom. The van der Waals surface area contributed by atoms with E-state index in [4.69, 9.17) is 4.74 Å². The summed E-state index contributed by atoms with van der Waals surface area (Å²) in [6.45, 7) is 6.45. The summed E-state index contributed by atoms with van der Waals surface area (Å²) < 4.78 is 7.14. The number of para-hydroxylation sites is 1. The van der Waals surface area contributed by atoms with Crippen molar-refractivity contribution in [1.29, 1.82) is 0 Å². The van der Waals surface area contributed by atoms with E-state index in [1.54, 1.807) is 28.8 Å². The molecule has 1 aromatic heterocycles. The molecule has 0 aliphatic rings. The lowest BCUT2D eigenvalue weighted by molar-refractivity contribution is 0.0698. The lowest BCUT2D eigenvalue weighted by Crippen LogP contribution is -2.05. The third-order valence-electron chi connectivity index (χ3n) is 2.55. The highest BCUT2D eigenvalue weighted by molar-refractivity contribution is 6.01. The van der Waals surface area contributed by atoms with Gasteiger partial charge in [-0.05, 0) is 19.1 Å². The van der Waals surface area contributed by atoms with Crippen LogP contribution in [0.25, 0.3) is 11.0 Å². The molecule has 1 heterocycles. The quantitative estimate of drug-likeness (QED) is 0.822. The number of imidazole rings is 1. The van der Waals surface area contributed by atoms with Gasteiger partial charge in [0.05, 0.1) is 23.2 Å². The first-order valence-electron chi connectivity index (χ1n) is 5.65. The average molecular weight is 246 g/mol. The minimum absolute atomic E-state index is 0.216. The van der Waals surface area contributed by atoms with Crippen LogP contribution in [0.15, 0.2) is 30.9 Å². The minimum atomic E-state index is -0.978. The van der Waals surface area contributed by atoms with Crippen LogP contribution >= 0.6 is 0 Å². The zero-order valence-corrected chi connectivity index (χ0v) is 10.1. The van der Waals surface area contributed by atoms with Crippen molar-refractivity contribution < 1.29 is 14.6 Å². The van der Waals surface area contributed by atoms with E-state index in [1.165, 1.54) is 0 Å². The summed E-state index contributed by atoms with van der Waals surface area (Å²) in [6.07, 6.45) is 1.68. The van der Waals surface area contributed by atoms with Gasteiger partial charge in [-0.25, -0.2) is 4.79 Å². The molecular weight excluding hydrogens is 232 g/mol. The lowest BCUT2D eigenvalue weighted by Gasteiger charge is -2.07. The molecule has 2 rings (SSSR count). The summed E-state index contributed by atoms with van der Waals surface area (Å²) in [5.41, 5.74) is 1.39. The Morgan fingerprint density at radius 2 is 2.39 bits per heavy atom. The predicted octanol–water partition coefficient (Wildman–Crippen LogP) is 2.32. The molecule has 1 N–H and O–H groups in total. The number of rotatable bonds is 5. The number of carboxylic acid groups (broad SMARTS) is 1. The van der Waals surface area contributed by atoms with Crippen LogP contribution in [0.5, 0.6) is 6.01 Å². The maximum Gasteiger partial charge on any atom is 0.337 e. The molecule has 5 heteroatoms. The van der Waals surface area contributed by atoms with Crippen molar-refractivity contribution >= 4 is 17.0 Å². The van der Waals surface area contributed by atoms with E-state index >= 15 is 0 Å². The van der Waals surface area contributed by atoms with E-state index in [1.807, 2.05) is 6.92 Å². The zero-order chi connectivity index (χ0) is 13.1. The monoisotopic (exact) mass is 246 g/mol. The van der Waals surface area contributed by atoms with Crippen LogP contribution in [0.1, 0.15) is 17.3 Å². The van der Waals surface area contributed by atoms with E-state index in [2.05, 4.69) is 11.6 Å². The zero-order valence-electron chi connectivity index (χ0n) is 10.1. The topological polar surface area (TPSA) is 64.4 Å². The number of ether oxygens (including phenoxy) is 1. The van der Waals surface area contributed by atoms with Gasteiger partial charge in [-0.2, -0.15) is 4.98 Å². The normalized spacial score (nSPS) is 10.5. The number of benzene rings is 1. The van der Waals surface area contributed by atoms with E-state index in [-0.39, 0.29) is 5.56 Å². The Balaban J connectivity index is 2.74. The maximum absolute atomic E-state index is 11.2. The summed E-state index contributed by atoms with van der Waals surface area (Å²) in [5, 5.41) is 9.21. The summed E-state index contributed by atoms with van der Waals surface area (Å²) >= 11 is 0. The number of carbonyl (C=O) groups is 1. The summed E-state index contributed by atoms with van der Waals surface area (Å²) in [6, 6.07) is 5.42. The molecule has 0 saturated heterocycles.